The predicted molar refractivity (Wildman–Crippen MR) is 56.5 cm³/mol. The second-order valence-electron chi connectivity index (χ2n) is 2.12. The number of nitrogens with zero attached hydrogens (tertiary/aromatic N) is 3. The fourth-order valence-electron chi connectivity index (χ4n) is 0.628. The first-order chi connectivity index (χ1) is 5.12. The number of halogens is 2. The zero-order valence-corrected chi connectivity index (χ0v) is 9.94. The van der Waals surface area contributed by atoms with Gasteiger partial charge in [0.05, 0.1) is 0 Å². The molecule has 0 radical (unpaired) electrons. The van der Waals surface area contributed by atoms with Crippen LogP contribution in [0.15, 0.2) is 13.5 Å². The number of hydrogen-bond donors (Lipinski definition) is 4. The van der Waals surface area contributed by atoms with Gasteiger partial charge in [-0.05, 0) is 22.5 Å². The molecule has 72 valence electrons. The molecule has 7 nitrogen and oxygen atoms in total. The van der Waals surface area contributed by atoms with Crippen molar-refractivity contribution in [1.29, 1.82) is 0 Å². The average Bonchev–Trinajstić information content (AvgIpc) is 1.44. The minimum Gasteiger partial charge on any atom is -0.267 e. The lowest BCUT2D eigenvalue weighted by molar-refractivity contribution is 1.51. The SMILES string of the molecule is NP1(N)=NP(N)(N)=NP(Cl)(Cl)=N1. The van der Waals surface area contributed by atoms with Gasteiger partial charge in [0, 0.05) is 0 Å². The molecule has 0 amide bonds. The molecular weight excluding hydrogens is 262 g/mol. The topological polar surface area (TPSA) is 141 Å². The van der Waals surface area contributed by atoms with E-state index >= 15 is 0 Å². The Morgan fingerprint density at radius 3 is 1.50 bits per heavy atom. The molecule has 12 heavy (non-hydrogen) atoms. The monoisotopic (exact) mass is 269 g/mol. The summed E-state index contributed by atoms with van der Waals surface area (Å²) in [4.78, 5) is 0. The first-order valence-corrected chi connectivity index (χ1v) is 9.74. The minimum atomic E-state index is -2.88. The third-order valence-corrected chi connectivity index (χ3v) is 9.53. The van der Waals surface area contributed by atoms with Gasteiger partial charge < -0.3 is 0 Å². The first kappa shape index (κ1) is 11.2. The van der Waals surface area contributed by atoms with E-state index in [0.717, 1.165) is 0 Å². The van der Waals surface area contributed by atoms with Crippen molar-refractivity contribution >= 4 is 43.4 Å². The number of rotatable bonds is 0. The van der Waals surface area contributed by atoms with Crippen LogP contribution in [-0.4, -0.2) is 0 Å². The first-order valence-electron chi connectivity index (χ1n) is 2.57. The Morgan fingerprint density at radius 2 is 1.17 bits per heavy atom. The zero-order valence-electron chi connectivity index (χ0n) is 5.75. The average molecular weight is 270 g/mol. The van der Waals surface area contributed by atoms with E-state index in [1.54, 1.807) is 0 Å². The standard InChI is InChI=1S/Cl2H8N7P3/c1-10(2)7-11(3,4)9-12(5,6)8-10/h3-6H2. The van der Waals surface area contributed by atoms with Gasteiger partial charge in [-0.1, -0.05) is 0 Å². The summed E-state index contributed by atoms with van der Waals surface area (Å²) in [5.74, 6) is -2.88. The van der Waals surface area contributed by atoms with Gasteiger partial charge in [0.15, 0.2) is 0 Å². The Balaban J connectivity index is 3.46. The minimum absolute atomic E-state index is 2.84. The smallest absolute Gasteiger partial charge is 0.257 e. The molecule has 1 heterocycles. The highest BCUT2D eigenvalue weighted by Crippen LogP contribution is 2.75. The fraction of sp³-hybridized carbons (Fsp3) is 0. The van der Waals surface area contributed by atoms with Crippen molar-refractivity contribution in [3.63, 3.8) is 0 Å². The van der Waals surface area contributed by atoms with E-state index in [-0.39, 0.29) is 0 Å². The Hall–Kier alpha value is 1.11. The summed E-state index contributed by atoms with van der Waals surface area (Å²) in [7, 11) is -5.68. The van der Waals surface area contributed by atoms with Gasteiger partial charge in [0.25, 0.3) is 5.91 Å². The van der Waals surface area contributed by atoms with E-state index in [2.05, 4.69) is 13.5 Å². The van der Waals surface area contributed by atoms with Crippen molar-refractivity contribution in [1.82, 2.24) is 0 Å². The highest BCUT2D eigenvalue weighted by molar-refractivity contribution is 8.13. The summed E-state index contributed by atoms with van der Waals surface area (Å²) in [6, 6.07) is 0. The van der Waals surface area contributed by atoms with Crippen molar-refractivity contribution in [3.05, 3.63) is 0 Å². The summed E-state index contributed by atoms with van der Waals surface area (Å²) < 4.78 is 11.1. The van der Waals surface area contributed by atoms with Crippen LogP contribution in [0.25, 0.3) is 0 Å². The molecule has 12 heteroatoms. The van der Waals surface area contributed by atoms with Crippen molar-refractivity contribution in [2.75, 3.05) is 0 Å². The lowest BCUT2D eigenvalue weighted by Crippen LogP contribution is -2.09. The van der Waals surface area contributed by atoms with Gasteiger partial charge in [0.2, 0.25) is 15.0 Å². The third kappa shape index (κ3) is 3.11. The van der Waals surface area contributed by atoms with Crippen molar-refractivity contribution in [2.24, 2.45) is 35.6 Å². The van der Waals surface area contributed by atoms with Crippen LogP contribution in [0.1, 0.15) is 0 Å². The second kappa shape index (κ2) is 3.06. The maximum Gasteiger partial charge on any atom is 0.257 e. The fourth-order valence-corrected chi connectivity index (χ4v) is 10.5. The normalized spacial score (nSPS) is 29.5. The molecule has 0 saturated heterocycles. The lowest BCUT2D eigenvalue weighted by Gasteiger charge is -2.21. The molecule has 0 spiro atoms. The largest absolute Gasteiger partial charge is 0.267 e. The molecule has 0 aromatic rings. The Labute approximate surface area is 79.3 Å². The molecule has 0 saturated carbocycles. The predicted octanol–water partition coefficient (Wildman–Crippen LogP) is 2.15. The molecule has 0 aromatic heterocycles. The van der Waals surface area contributed by atoms with Gasteiger partial charge in [-0.3, -0.25) is 22.0 Å². The van der Waals surface area contributed by atoms with Crippen LogP contribution >= 0.6 is 43.4 Å². The van der Waals surface area contributed by atoms with E-state index in [4.69, 9.17) is 44.5 Å². The number of nitrogens with two attached hydrogens (primary N) is 4. The Morgan fingerprint density at radius 1 is 0.750 bits per heavy atom. The Bertz CT molecular complexity index is 273. The van der Waals surface area contributed by atoms with Crippen LogP contribution in [0.4, 0.5) is 0 Å². The molecule has 8 N–H and O–H groups in total. The molecule has 0 bridgehead atoms. The molecule has 0 atom stereocenters. The summed E-state index contributed by atoms with van der Waals surface area (Å²) >= 11 is 11.3. The van der Waals surface area contributed by atoms with E-state index in [1.165, 1.54) is 0 Å². The molecule has 1 rings (SSSR count). The van der Waals surface area contributed by atoms with Crippen LogP contribution in [0.5, 0.6) is 0 Å². The van der Waals surface area contributed by atoms with Crippen LogP contribution in [-0.2, 0) is 0 Å². The summed E-state index contributed by atoms with van der Waals surface area (Å²) in [5.41, 5.74) is 21.8. The molecule has 1 aliphatic rings. The van der Waals surface area contributed by atoms with Gasteiger partial charge >= 0.3 is 0 Å². The van der Waals surface area contributed by atoms with Gasteiger partial charge in [0.1, 0.15) is 0 Å². The summed E-state index contributed by atoms with van der Waals surface area (Å²) in [6.07, 6.45) is 0. The van der Waals surface area contributed by atoms with E-state index in [1.807, 2.05) is 0 Å². The van der Waals surface area contributed by atoms with E-state index in [9.17, 15) is 0 Å². The molecule has 0 aromatic carbocycles. The Kier molecular flexibility index (Phi) is 2.85. The molecule has 0 fully saturated rings. The van der Waals surface area contributed by atoms with E-state index in [0.29, 0.717) is 0 Å². The zero-order chi connectivity index (χ0) is 9.62. The van der Waals surface area contributed by atoms with Gasteiger partial charge in [-0.15, -0.1) is 0 Å². The summed E-state index contributed by atoms with van der Waals surface area (Å²) in [5, 5.41) is 0. The quantitative estimate of drug-likeness (QED) is 0.500. The van der Waals surface area contributed by atoms with E-state index < -0.39 is 20.9 Å². The van der Waals surface area contributed by atoms with Crippen LogP contribution in [0.3, 0.4) is 0 Å². The van der Waals surface area contributed by atoms with Crippen LogP contribution < -0.4 is 22.0 Å². The van der Waals surface area contributed by atoms with Crippen molar-refractivity contribution < 1.29 is 0 Å². The molecule has 0 aliphatic carbocycles. The molecule has 0 unspecified atom stereocenters. The molecule has 1 aliphatic heterocycles. The third-order valence-electron chi connectivity index (χ3n) is 0.788. The van der Waals surface area contributed by atoms with Crippen molar-refractivity contribution in [3.8, 4) is 0 Å². The number of hydrogen-bond acceptors (Lipinski definition) is 7. The highest BCUT2D eigenvalue weighted by Gasteiger charge is 2.26. The van der Waals surface area contributed by atoms with Gasteiger partial charge in [-0.2, -0.15) is 13.5 Å². The van der Waals surface area contributed by atoms with Gasteiger partial charge in [-0.25, -0.2) is 0 Å². The van der Waals surface area contributed by atoms with Crippen LogP contribution in [0, 0.1) is 0 Å². The van der Waals surface area contributed by atoms with Crippen molar-refractivity contribution in [2.45, 2.75) is 0 Å². The summed E-state index contributed by atoms with van der Waals surface area (Å²) in [6.45, 7) is 0. The lowest BCUT2D eigenvalue weighted by atomic mass is 13.7. The second-order valence-corrected chi connectivity index (χ2v) is 11.3. The van der Waals surface area contributed by atoms with Crippen LogP contribution in [0.2, 0.25) is 0 Å². The highest BCUT2D eigenvalue weighted by atomic mass is 35.9. The maximum atomic E-state index is 5.66. The maximum absolute atomic E-state index is 5.66. The molecular formula is H8Cl2N7P3.